The molecule has 2 saturated heterocycles. The average Bonchev–Trinajstić information content (AvgIpc) is 3.30. The van der Waals surface area contributed by atoms with Gasteiger partial charge >= 0.3 is 6.18 Å². The summed E-state index contributed by atoms with van der Waals surface area (Å²) in [5.74, 6) is -0.487. The van der Waals surface area contributed by atoms with E-state index in [-0.39, 0.29) is 31.1 Å². The molecule has 2 N–H and O–H groups in total. The van der Waals surface area contributed by atoms with Crippen molar-refractivity contribution in [1.29, 1.82) is 0 Å². The molecule has 1 spiro atoms. The van der Waals surface area contributed by atoms with E-state index in [1.54, 1.807) is 0 Å². The zero-order valence-electron chi connectivity index (χ0n) is 19.7. The van der Waals surface area contributed by atoms with Crippen molar-refractivity contribution in [3.63, 3.8) is 0 Å². The molecule has 2 aliphatic heterocycles. The summed E-state index contributed by atoms with van der Waals surface area (Å²) in [5, 5.41) is 28.2. The number of nitro benzene ring substituents is 2. The zero-order valence-corrected chi connectivity index (χ0v) is 20.5. The molecule has 1 atom stereocenters. The van der Waals surface area contributed by atoms with Crippen molar-refractivity contribution in [3.8, 4) is 0 Å². The molecule has 15 heteroatoms. The number of nitrogens with one attached hydrogen (secondary N) is 2. The Bertz CT molecular complexity index is 1250. The minimum atomic E-state index is -4.48. The maximum Gasteiger partial charge on any atom is 0.416 e. The van der Waals surface area contributed by atoms with Gasteiger partial charge in [0.15, 0.2) is 0 Å². The number of carbonyl (C=O) groups excluding carboxylic acids is 2. The molecule has 2 aliphatic rings. The van der Waals surface area contributed by atoms with Crippen LogP contribution in [-0.4, -0.2) is 56.3 Å². The van der Waals surface area contributed by atoms with E-state index in [2.05, 4.69) is 10.6 Å². The van der Waals surface area contributed by atoms with Crippen molar-refractivity contribution >= 4 is 35.0 Å². The monoisotopic (exact) mass is 553 g/mol. The summed E-state index contributed by atoms with van der Waals surface area (Å²) in [4.78, 5) is 47.3. The number of amides is 2. The number of rotatable bonds is 6. The van der Waals surface area contributed by atoms with Crippen molar-refractivity contribution in [1.82, 2.24) is 15.5 Å². The van der Waals surface area contributed by atoms with Crippen molar-refractivity contribution in [2.45, 2.75) is 36.5 Å². The van der Waals surface area contributed by atoms with Crippen molar-refractivity contribution in [2.24, 2.45) is 0 Å². The number of alkyl halides is 3. The van der Waals surface area contributed by atoms with Crippen LogP contribution in [0.25, 0.3) is 0 Å². The molecule has 2 amide bonds. The van der Waals surface area contributed by atoms with E-state index in [1.165, 1.54) is 28.8 Å². The molecule has 4 rings (SSSR count). The van der Waals surface area contributed by atoms with Gasteiger partial charge in [0.2, 0.25) is 5.91 Å². The minimum Gasteiger partial charge on any atom is -0.351 e. The topological polar surface area (TPSA) is 148 Å². The van der Waals surface area contributed by atoms with Crippen LogP contribution in [0, 0.1) is 20.2 Å². The second-order valence-corrected chi connectivity index (χ2v) is 10.4. The fourth-order valence-corrected chi connectivity index (χ4v) is 5.84. The Labute approximate surface area is 218 Å². The summed E-state index contributed by atoms with van der Waals surface area (Å²) in [5.41, 5.74) is -1.73. The van der Waals surface area contributed by atoms with Crippen molar-refractivity contribution < 1.29 is 32.6 Å². The maximum atomic E-state index is 13.0. The predicted molar refractivity (Wildman–Crippen MR) is 130 cm³/mol. The third kappa shape index (κ3) is 6.05. The van der Waals surface area contributed by atoms with Crippen molar-refractivity contribution in [3.05, 3.63) is 79.4 Å². The van der Waals surface area contributed by atoms with E-state index in [1.807, 2.05) is 0 Å². The smallest absolute Gasteiger partial charge is 0.351 e. The number of piperidine rings is 1. The van der Waals surface area contributed by atoms with Crippen LogP contribution in [0.4, 0.5) is 24.5 Å². The van der Waals surface area contributed by atoms with E-state index in [4.69, 9.17) is 0 Å². The SMILES string of the molecule is O=C(NCc1cccc(C(F)(F)F)c1)C1CSC2(CCN(C(=O)c3cc([N+](=O)[O-])cc([N+](=O)[O-])c3)CC2)N1. The van der Waals surface area contributed by atoms with Crippen LogP contribution in [0.3, 0.4) is 0 Å². The average molecular weight is 554 g/mol. The van der Waals surface area contributed by atoms with Crippen LogP contribution in [0.5, 0.6) is 0 Å². The molecule has 2 aromatic rings. The number of likely N-dealkylation sites (tertiary alicyclic amines) is 1. The summed E-state index contributed by atoms with van der Waals surface area (Å²) in [6, 6.07) is 6.95. The fraction of sp³-hybridized carbons (Fsp3) is 0.391. The van der Waals surface area contributed by atoms with E-state index >= 15 is 0 Å². The fourth-order valence-electron chi connectivity index (χ4n) is 4.43. The third-order valence-corrected chi connectivity index (χ3v) is 8.01. The van der Waals surface area contributed by atoms with E-state index in [0.29, 0.717) is 24.2 Å². The molecule has 0 radical (unpaired) electrons. The molecule has 2 heterocycles. The second kappa shape index (κ2) is 10.6. The Morgan fingerprint density at radius 1 is 1.08 bits per heavy atom. The maximum absolute atomic E-state index is 13.0. The lowest BCUT2D eigenvalue weighted by Crippen LogP contribution is -2.54. The normalized spacial score (nSPS) is 18.8. The third-order valence-electron chi connectivity index (χ3n) is 6.43. The van der Waals surface area contributed by atoms with Gasteiger partial charge < -0.3 is 10.2 Å². The first-order valence-electron chi connectivity index (χ1n) is 11.5. The van der Waals surface area contributed by atoms with Gasteiger partial charge in [-0.15, -0.1) is 11.8 Å². The highest BCUT2D eigenvalue weighted by Gasteiger charge is 2.44. The zero-order chi connectivity index (χ0) is 27.7. The lowest BCUT2D eigenvalue weighted by atomic mass is 10.0. The molecular formula is C23H22F3N5O6S. The quantitative estimate of drug-likeness (QED) is 0.408. The second-order valence-electron chi connectivity index (χ2n) is 8.96. The van der Waals surface area contributed by atoms with Crippen LogP contribution in [-0.2, 0) is 17.5 Å². The highest BCUT2D eigenvalue weighted by atomic mass is 32.2. The number of halogens is 3. The lowest BCUT2D eigenvalue weighted by Gasteiger charge is -2.39. The van der Waals surface area contributed by atoms with E-state index in [0.717, 1.165) is 30.3 Å². The van der Waals surface area contributed by atoms with Gasteiger partial charge in [-0.05, 0) is 30.5 Å². The largest absolute Gasteiger partial charge is 0.416 e. The first-order chi connectivity index (χ1) is 17.9. The van der Waals surface area contributed by atoms with E-state index in [9.17, 15) is 43.0 Å². The Balaban J connectivity index is 1.33. The highest BCUT2D eigenvalue weighted by molar-refractivity contribution is 8.01. The number of benzene rings is 2. The minimum absolute atomic E-state index is 0.0593. The van der Waals surface area contributed by atoms with Gasteiger partial charge in [0.05, 0.1) is 38.0 Å². The van der Waals surface area contributed by atoms with Gasteiger partial charge in [0.1, 0.15) is 0 Å². The van der Waals surface area contributed by atoms with Crippen molar-refractivity contribution in [2.75, 3.05) is 18.8 Å². The number of nitrogens with zero attached hydrogens (tertiary/aromatic N) is 3. The highest BCUT2D eigenvalue weighted by Crippen LogP contribution is 2.39. The van der Waals surface area contributed by atoms with Gasteiger partial charge in [0.25, 0.3) is 17.3 Å². The summed E-state index contributed by atoms with van der Waals surface area (Å²) in [6.07, 6.45) is -3.56. The number of non-ortho nitro benzene ring substituents is 2. The molecule has 1 unspecified atom stereocenters. The summed E-state index contributed by atoms with van der Waals surface area (Å²) >= 11 is 1.51. The van der Waals surface area contributed by atoms with Gasteiger partial charge in [-0.1, -0.05) is 12.1 Å². The molecule has 2 fully saturated rings. The van der Waals surface area contributed by atoms with E-state index < -0.39 is 49.8 Å². The summed E-state index contributed by atoms with van der Waals surface area (Å²) in [6.45, 7) is 0.456. The van der Waals surface area contributed by atoms with Gasteiger partial charge in [-0.2, -0.15) is 13.2 Å². The lowest BCUT2D eigenvalue weighted by molar-refractivity contribution is -0.394. The molecule has 0 aliphatic carbocycles. The Morgan fingerprint density at radius 2 is 1.71 bits per heavy atom. The van der Waals surface area contributed by atoms with Gasteiger partial charge in [-0.3, -0.25) is 35.1 Å². The number of hydrogen-bond acceptors (Lipinski definition) is 8. The predicted octanol–water partition coefficient (Wildman–Crippen LogP) is 3.48. The molecule has 0 saturated carbocycles. The number of thioether (sulfide) groups is 1. The molecule has 38 heavy (non-hydrogen) atoms. The molecule has 11 nitrogen and oxygen atoms in total. The Hall–Kier alpha value is -3.72. The number of carbonyl (C=O) groups is 2. The molecule has 0 bridgehead atoms. The van der Waals surface area contributed by atoms with Crippen LogP contribution < -0.4 is 10.6 Å². The number of hydrogen-bond donors (Lipinski definition) is 2. The Kier molecular flexibility index (Phi) is 7.60. The summed E-state index contributed by atoms with van der Waals surface area (Å²) in [7, 11) is 0. The summed E-state index contributed by atoms with van der Waals surface area (Å²) < 4.78 is 38.7. The first-order valence-corrected chi connectivity index (χ1v) is 12.4. The number of nitro groups is 2. The molecule has 0 aromatic heterocycles. The van der Waals surface area contributed by atoms with Crippen LogP contribution in [0.2, 0.25) is 0 Å². The molecular weight excluding hydrogens is 531 g/mol. The van der Waals surface area contributed by atoms with Crippen LogP contribution >= 0.6 is 11.8 Å². The van der Waals surface area contributed by atoms with Gasteiger partial charge in [0, 0.05) is 37.5 Å². The molecule has 2 aromatic carbocycles. The Morgan fingerprint density at radius 3 is 2.29 bits per heavy atom. The molecule has 202 valence electrons. The van der Waals surface area contributed by atoms with Crippen LogP contribution in [0.15, 0.2) is 42.5 Å². The first kappa shape index (κ1) is 27.3. The van der Waals surface area contributed by atoms with Gasteiger partial charge in [-0.25, -0.2) is 0 Å². The van der Waals surface area contributed by atoms with Crippen LogP contribution in [0.1, 0.15) is 34.3 Å². The standard InChI is InChI=1S/C23H22F3N5O6S/c24-23(25,26)16-3-1-2-14(8-16)12-27-20(32)19-13-38-22(28-19)4-6-29(7-5-22)21(33)15-9-17(30(34)35)11-18(10-15)31(36)37/h1-3,8-11,19,28H,4-7,12-13H2,(H,27,32).